The molecule has 3 heteroatoms. The Hall–Kier alpha value is -1.84. The van der Waals surface area contributed by atoms with Gasteiger partial charge in [-0.15, -0.1) is 11.8 Å². The summed E-state index contributed by atoms with van der Waals surface area (Å²) in [7, 11) is 0. The second kappa shape index (κ2) is 6.29. The van der Waals surface area contributed by atoms with Gasteiger partial charge in [0.1, 0.15) is 0 Å². The number of nitrogens with two attached hydrogens (primary N) is 1. The van der Waals surface area contributed by atoms with E-state index in [0.29, 0.717) is 0 Å². The number of hydrogen-bond donors (Lipinski definition) is 1. The Morgan fingerprint density at radius 2 is 1.86 bits per heavy atom. The Morgan fingerprint density at radius 3 is 2.62 bits per heavy atom. The zero-order valence-corrected chi connectivity index (χ0v) is 12.8. The zero-order chi connectivity index (χ0) is 14.7. The molecule has 1 aromatic heterocycles. The number of nitrogens with zero attached hydrogens (tertiary/aromatic N) is 1. The lowest BCUT2D eigenvalue weighted by Crippen LogP contribution is -2.12. The van der Waals surface area contributed by atoms with Crippen LogP contribution in [0.25, 0.3) is 10.9 Å². The van der Waals surface area contributed by atoms with E-state index >= 15 is 0 Å². The maximum absolute atomic E-state index is 6.47. The normalized spacial score (nSPS) is 12.5. The third kappa shape index (κ3) is 2.94. The SMILES string of the molecule is CCSc1ccc(C(N)c2cccc3ncccc23)cc1. The summed E-state index contributed by atoms with van der Waals surface area (Å²) in [6.07, 6.45) is 1.81. The minimum atomic E-state index is -0.126. The van der Waals surface area contributed by atoms with Gasteiger partial charge < -0.3 is 5.73 Å². The molecule has 0 aliphatic rings. The Labute approximate surface area is 129 Å². The molecule has 3 aromatic rings. The van der Waals surface area contributed by atoms with Gasteiger partial charge in [-0.2, -0.15) is 0 Å². The van der Waals surface area contributed by atoms with Crippen molar-refractivity contribution >= 4 is 22.7 Å². The summed E-state index contributed by atoms with van der Waals surface area (Å²) in [4.78, 5) is 5.68. The molecule has 2 N–H and O–H groups in total. The van der Waals surface area contributed by atoms with Crippen molar-refractivity contribution in [3.05, 3.63) is 71.9 Å². The highest BCUT2D eigenvalue weighted by Crippen LogP contribution is 2.27. The zero-order valence-electron chi connectivity index (χ0n) is 12.0. The first kappa shape index (κ1) is 14.1. The van der Waals surface area contributed by atoms with E-state index in [-0.39, 0.29) is 6.04 Å². The Balaban J connectivity index is 1.98. The van der Waals surface area contributed by atoms with Crippen molar-refractivity contribution in [1.29, 1.82) is 0 Å². The molecule has 0 aliphatic carbocycles. The van der Waals surface area contributed by atoms with Crippen molar-refractivity contribution in [3.8, 4) is 0 Å². The molecule has 2 nitrogen and oxygen atoms in total. The van der Waals surface area contributed by atoms with Crippen LogP contribution < -0.4 is 5.73 Å². The van der Waals surface area contributed by atoms with Gasteiger partial charge in [0.15, 0.2) is 0 Å². The van der Waals surface area contributed by atoms with Crippen LogP contribution in [0.2, 0.25) is 0 Å². The van der Waals surface area contributed by atoms with E-state index in [9.17, 15) is 0 Å². The molecule has 106 valence electrons. The first-order valence-electron chi connectivity index (χ1n) is 7.11. The Bertz CT molecular complexity index is 732. The van der Waals surface area contributed by atoms with Crippen LogP contribution in [0, 0.1) is 0 Å². The lowest BCUT2D eigenvalue weighted by molar-refractivity contribution is 0.878. The first-order valence-corrected chi connectivity index (χ1v) is 8.10. The van der Waals surface area contributed by atoms with Gasteiger partial charge in [0.25, 0.3) is 0 Å². The van der Waals surface area contributed by atoms with E-state index in [4.69, 9.17) is 5.73 Å². The van der Waals surface area contributed by atoms with Crippen LogP contribution in [0.3, 0.4) is 0 Å². The van der Waals surface area contributed by atoms with Gasteiger partial charge in [-0.3, -0.25) is 4.98 Å². The number of thioether (sulfide) groups is 1. The molecule has 0 aliphatic heterocycles. The van der Waals surface area contributed by atoms with Crippen molar-refractivity contribution in [2.45, 2.75) is 17.9 Å². The highest BCUT2D eigenvalue weighted by atomic mass is 32.2. The predicted octanol–water partition coefficient (Wildman–Crippen LogP) is 4.39. The van der Waals surface area contributed by atoms with Crippen molar-refractivity contribution in [1.82, 2.24) is 4.98 Å². The van der Waals surface area contributed by atoms with Crippen molar-refractivity contribution in [3.63, 3.8) is 0 Å². The topological polar surface area (TPSA) is 38.9 Å². The van der Waals surface area contributed by atoms with Crippen molar-refractivity contribution in [2.75, 3.05) is 5.75 Å². The van der Waals surface area contributed by atoms with Gasteiger partial charge in [0.05, 0.1) is 11.6 Å². The quantitative estimate of drug-likeness (QED) is 0.725. The lowest BCUT2D eigenvalue weighted by Gasteiger charge is -2.15. The smallest absolute Gasteiger partial charge is 0.0705 e. The van der Waals surface area contributed by atoms with Crippen molar-refractivity contribution in [2.24, 2.45) is 5.73 Å². The van der Waals surface area contributed by atoms with Gasteiger partial charge in [-0.1, -0.05) is 37.3 Å². The van der Waals surface area contributed by atoms with Crippen LogP contribution in [0.5, 0.6) is 0 Å². The van der Waals surface area contributed by atoms with Crippen LogP contribution in [0.4, 0.5) is 0 Å². The number of fused-ring (bicyclic) bond motifs is 1. The summed E-state index contributed by atoms with van der Waals surface area (Å²) in [6, 6.07) is 18.6. The van der Waals surface area contributed by atoms with Crippen LogP contribution >= 0.6 is 11.8 Å². The van der Waals surface area contributed by atoms with Crippen molar-refractivity contribution < 1.29 is 0 Å². The highest BCUT2D eigenvalue weighted by Gasteiger charge is 2.12. The monoisotopic (exact) mass is 294 g/mol. The number of aromatic nitrogens is 1. The lowest BCUT2D eigenvalue weighted by atomic mass is 9.96. The maximum atomic E-state index is 6.47. The molecule has 1 heterocycles. The second-order valence-electron chi connectivity index (χ2n) is 4.90. The Kier molecular flexibility index (Phi) is 4.23. The van der Waals surface area contributed by atoms with Gasteiger partial charge in [0, 0.05) is 16.5 Å². The average Bonchev–Trinajstić information content (AvgIpc) is 2.55. The number of hydrogen-bond acceptors (Lipinski definition) is 3. The fourth-order valence-electron chi connectivity index (χ4n) is 2.52. The van der Waals surface area contributed by atoms with E-state index in [0.717, 1.165) is 27.8 Å². The van der Waals surface area contributed by atoms with Crippen LogP contribution in [-0.2, 0) is 0 Å². The molecule has 3 rings (SSSR count). The summed E-state index contributed by atoms with van der Waals surface area (Å²) < 4.78 is 0. The van der Waals surface area contributed by atoms with Crippen LogP contribution in [-0.4, -0.2) is 10.7 Å². The van der Waals surface area contributed by atoms with E-state index < -0.39 is 0 Å². The van der Waals surface area contributed by atoms with Gasteiger partial charge in [-0.05, 0) is 41.1 Å². The molecule has 0 saturated carbocycles. The predicted molar refractivity (Wildman–Crippen MR) is 90.6 cm³/mol. The molecule has 1 atom stereocenters. The molecule has 1 unspecified atom stereocenters. The number of rotatable bonds is 4. The number of pyridine rings is 1. The largest absolute Gasteiger partial charge is 0.320 e. The first-order chi connectivity index (χ1) is 10.3. The molecule has 0 fully saturated rings. The third-order valence-electron chi connectivity index (χ3n) is 3.56. The Morgan fingerprint density at radius 1 is 1.05 bits per heavy atom. The molecular formula is C18H18N2S. The summed E-state index contributed by atoms with van der Waals surface area (Å²) in [5, 5.41) is 1.12. The molecule has 0 saturated heterocycles. The summed E-state index contributed by atoms with van der Waals surface area (Å²) >= 11 is 1.84. The van der Waals surface area contributed by atoms with Gasteiger partial charge in [0.2, 0.25) is 0 Å². The van der Waals surface area contributed by atoms with Gasteiger partial charge in [-0.25, -0.2) is 0 Å². The minimum Gasteiger partial charge on any atom is -0.320 e. The van der Waals surface area contributed by atoms with Crippen LogP contribution in [0.1, 0.15) is 24.1 Å². The maximum Gasteiger partial charge on any atom is 0.0705 e. The van der Waals surface area contributed by atoms with E-state index in [1.807, 2.05) is 36.2 Å². The summed E-state index contributed by atoms with van der Waals surface area (Å²) in [6.45, 7) is 2.16. The van der Waals surface area contributed by atoms with Crippen LogP contribution in [0.15, 0.2) is 65.7 Å². The minimum absolute atomic E-state index is 0.126. The third-order valence-corrected chi connectivity index (χ3v) is 4.46. The van der Waals surface area contributed by atoms with E-state index in [1.54, 1.807) is 0 Å². The molecule has 21 heavy (non-hydrogen) atoms. The average molecular weight is 294 g/mol. The second-order valence-corrected chi connectivity index (χ2v) is 6.23. The molecule has 2 aromatic carbocycles. The van der Waals surface area contributed by atoms with Gasteiger partial charge >= 0.3 is 0 Å². The van der Waals surface area contributed by atoms with E-state index in [1.165, 1.54) is 4.90 Å². The summed E-state index contributed by atoms with van der Waals surface area (Å²) in [5.41, 5.74) is 9.71. The fourth-order valence-corrected chi connectivity index (χ4v) is 3.18. The summed E-state index contributed by atoms with van der Waals surface area (Å²) in [5.74, 6) is 1.08. The molecule has 0 radical (unpaired) electrons. The molecule has 0 spiro atoms. The molecule has 0 bridgehead atoms. The highest BCUT2D eigenvalue weighted by molar-refractivity contribution is 7.99. The molecular weight excluding hydrogens is 276 g/mol. The van der Waals surface area contributed by atoms with E-state index in [2.05, 4.69) is 48.3 Å². The fraction of sp³-hybridized carbons (Fsp3) is 0.167. The molecule has 0 amide bonds. The number of benzene rings is 2. The standard InChI is InChI=1S/C18H18N2S/c1-2-21-14-10-8-13(9-11-14)18(19)16-5-3-7-17-15(16)6-4-12-20-17/h3-12,18H,2,19H2,1H3.